The molecule has 2 aromatic rings. The second kappa shape index (κ2) is 9.27. The normalized spacial score (nSPS) is 15.2. The van der Waals surface area contributed by atoms with Crippen molar-refractivity contribution in [2.24, 2.45) is 4.99 Å². The highest BCUT2D eigenvalue weighted by atomic mass is 35.5. The van der Waals surface area contributed by atoms with Gasteiger partial charge in [0.2, 0.25) is 0 Å². The zero-order valence-corrected chi connectivity index (χ0v) is 16.5. The maximum Gasteiger partial charge on any atom is 0.165 e. The van der Waals surface area contributed by atoms with E-state index >= 15 is 0 Å². The number of halogens is 1. The molecule has 0 unspecified atom stereocenters. The predicted molar refractivity (Wildman–Crippen MR) is 106 cm³/mol. The van der Waals surface area contributed by atoms with Gasteiger partial charge >= 0.3 is 0 Å². The Bertz CT molecular complexity index is 754. The monoisotopic (exact) mass is 381 g/mol. The lowest BCUT2D eigenvalue weighted by atomic mass is 10.1. The van der Waals surface area contributed by atoms with Gasteiger partial charge in [-0.3, -0.25) is 4.99 Å². The van der Waals surface area contributed by atoms with Crippen molar-refractivity contribution in [2.45, 2.75) is 25.4 Å². The van der Waals surface area contributed by atoms with E-state index in [1.807, 2.05) is 19.1 Å². The number of amidine groups is 1. The van der Waals surface area contributed by atoms with E-state index in [2.05, 4.69) is 28.9 Å². The number of methoxy groups -OCH3 is 1. The van der Waals surface area contributed by atoms with Crippen LogP contribution in [0, 0.1) is 0 Å². The van der Waals surface area contributed by atoms with Crippen molar-refractivity contribution < 1.29 is 9.47 Å². The van der Waals surface area contributed by atoms with Gasteiger partial charge < -0.3 is 14.4 Å². The number of thioether (sulfide) groups is 1. The van der Waals surface area contributed by atoms with Gasteiger partial charge in [-0.15, -0.1) is 12.4 Å². The van der Waals surface area contributed by atoms with E-state index in [9.17, 15) is 0 Å². The first-order valence-electron chi connectivity index (χ1n) is 8.27. The molecular weight excluding hydrogens is 358 g/mol. The lowest BCUT2D eigenvalue weighted by molar-refractivity contribution is 0.174. The fraction of sp³-hybridized carbons (Fsp3) is 0.444. The highest BCUT2D eigenvalue weighted by Crippen LogP contribution is 2.33. The van der Waals surface area contributed by atoms with Crippen molar-refractivity contribution in [1.82, 2.24) is 9.88 Å². The molecule has 1 aliphatic heterocycles. The molecule has 0 N–H and O–H groups in total. The summed E-state index contributed by atoms with van der Waals surface area (Å²) in [7, 11) is 1.73. The molecule has 3 rings (SSSR count). The second-order valence-electron chi connectivity index (χ2n) is 5.51. The van der Waals surface area contributed by atoms with E-state index in [1.54, 1.807) is 18.9 Å². The fourth-order valence-corrected chi connectivity index (χ4v) is 3.76. The lowest BCUT2D eigenvalue weighted by Gasteiger charge is -2.30. The lowest BCUT2D eigenvalue weighted by Crippen LogP contribution is -2.34. The number of rotatable bonds is 6. The molecule has 0 radical (unpaired) electrons. The van der Waals surface area contributed by atoms with Gasteiger partial charge in [0.05, 0.1) is 18.7 Å². The number of aliphatic imine (C=N–C) groups is 1. The molecule has 0 spiro atoms. The summed E-state index contributed by atoms with van der Waals surface area (Å²) in [4.78, 5) is 11.7. The quantitative estimate of drug-likeness (QED) is 0.757. The fourth-order valence-electron chi connectivity index (χ4n) is 2.71. The summed E-state index contributed by atoms with van der Waals surface area (Å²) < 4.78 is 10.8. The number of hydrogen-bond donors (Lipinski definition) is 0. The van der Waals surface area contributed by atoms with Crippen molar-refractivity contribution in [3.63, 3.8) is 0 Å². The summed E-state index contributed by atoms with van der Waals surface area (Å²) in [6.45, 7) is 7.82. The molecule has 1 aliphatic rings. The van der Waals surface area contributed by atoms with Crippen LogP contribution >= 0.6 is 24.2 Å². The summed E-state index contributed by atoms with van der Waals surface area (Å²) in [5.41, 5.74) is 2.22. The van der Waals surface area contributed by atoms with Crippen molar-refractivity contribution >= 4 is 40.2 Å². The van der Waals surface area contributed by atoms with Crippen molar-refractivity contribution in [3.8, 4) is 5.75 Å². The molecule has 0 atom stereocenters. The van der Waals surface area contributed by atoms with E-state index in [4.69, 9.17) is 14.5 Å². The average Bonchev–Trinajstić information content (AvgIpc) is 2.59. The topological polar surface area (TPSA) is 47.0 Å². The number of benzene rings is 1. The van der Waals surface area contributed by atoms with Crippen molar-refractivity contribution in [3.05, 3.63) is 29.8 Å². The van der Waals surface area contributed by atoms with Gasteiger partial charge in [0.25, 0.3) is 0 Å². The number of aromatic nitrogens is 1. The zero-order valence-electron chi connectivity index (χ0n) is 14.8. The first-order chi connectivity index (χ1) is 11.7. The third-order valence-electron chi connectivity index (χ3n) is 3.81. The number of pyridine rings is 1. The maximum atomic E-state index is 5.60. The van der Waals surface area contributed by atoms with Gasteiger partial charge in [0.15, 0.2) is 5.17 Å². The Balaban J connectivity index is 0.00000225. The van der Waals surface area contributed by atoms with Crippen LogP contribution < -0.4 is 4.74 Å². The van der Waals surface area contributed by atoms with Crippen LogP contribution in [0.2, 0.25) is 0 Å². The van der Waals surface area contributed by atoms with E-state index in [0.29, 0.717) is 13.2 Å². The first-order valence-corrected chi connectivity index (χ1v) is 9.09. The second-order valence-corrected chi connectivity index (χ2v) is 6.47. The highest BCUT2D eigenvalue weighted by molar-refractivity contribution is 8.13. The molecule has 0 saturated carbocycles. The van der Waals surface area contributed by atoms with Gasteiger partial charge in [-0.1, -0.05) is 0 Å². The van der Waals surface area contributed by atoms with Gasteiger partial charge in [0.1, 0.15) is 10.8 Å². The van der Waals surface area contributed by atoms with Crippen LogP contribution in [0.5, 0.6) is 5.75 Å². The molecule has 0 aliphatic carbocycles. The largest absolute Gasteiger partial charge is 0.494 e. The molecule has 0 bridgehead atoms. The number of fused-ring (bicyclic) bond motifs is 2. The molecule has 136 valence electrons. The van der Waals surface area contributed by atoms with Gasteiger partial charge in [-0.25, -0.2) is 4.98 Å². The molecule has 1 aromatic heterocycles. The Morgan fingerprint density at radius 2 is 2.12 bits per heavy atom. The van der Waals surface area contributed by atoms with E-state index in [1.165, 1.54) is 5.56 Å². The average molecular weight is 382 g/mol. The Morgan fingerprint density at radius 1 is 1.28 bits per heavy atom. The van der Waals surface area contributed by atoms with Gasteiger partial charge in [0, 0.05) is 37.7 Å². The highest BCUT2D eigenvalue weighted by Gasteiger charge is 2.23. The number of nitrogens with zero attached hydrogens (tertiary/aromatic N) is 3. The molecule has 0 fully saturated rings. The first kappa shape index (κ1) is 19.8. The van der Waals surface area contributed by atoms with Crippen molar-refractivity contribution in [2.75, 3.05) is 33.4 Å². The molecule has 1 aromatic carbocycles. The number of hydrogen-bond acceptors (Lipinski definition) is 5. The molecule has 0 amide bonds. The Kier molecular flexibility index (Phi) is 7.35. The Morgan fingerprint density at radius 3 is 2.84 bits per heavy atom. The van der Waals surface area contributed by atoms with Crippen LogP contribution in [0.25, 0.3) is 10.9 Å². The molecular formula is C18H24ClN3O2S. The summed E-state index contributed by atoms with van der Waals surface area (Å²) in [5.74, 6) is 0.889. The van der Waals surface area contributed by atoms with Crippen molar-refractivity contribution in [1.29, 1.82) is 0 Å². The molecule has 7 heteroatoms. The van der Waals surface area contributed by atoms with Gasteiger partial charge in [-0.2, -0.15) is 0 Å². The van der Waals surface area contributed by atoms with E-state index in [0.717, 1.165) is 46.5 Å². The molecule has 0 saturated heterocycles. The molecule has 5 nitrogen and oxygen atoms in total. The Labute approximate surface area is 159 Å². The summed E-state index contributed by atoms with van der Waals surface area (Å²) >= 11 is 1.65. The zero-order chi connectivity index (χ0) is 16.9. The van der Waals surface area contributed by atoms with Crippen LogP contribution in [-0.4, -0.2) is 48.5 Å². The van der Waals surface area contributed by atoms with Crippen LogP contribution in [0.4, 0.5) is 0 Å². The molecule has 25 heavy (non-hydrogen) atoms. The predicted octanol–water partition coefficient (Wildman–Crippen LogP) is 3.99. The minimum Gasteiger partial charge on any atom is -0.494 e. The van der Waals surface area contributed by atoms with Crippen LogP contribution in [-0.2, 0) is 11.3 Å². The minimum absolute atomic E-state index is 0. The van der Waals surface area contributed by atoms with E-state index in [-0.39, 0.29) is 12.4 Å². The minimum atomic E-state index is 0. The van der Waals surface area contributed by atoms with Crippen LogP contribution in [0.3, 0.4) is 0 Å². The number of ether oxygens (including phenoxy) is 2. The van der Waals surface area contributed by atoms with Crippen LogP contribution in [0.15, 0.2) is 34.3 Å². The summed E-state index contributed by atoms with van der Waals surface area (Å²) in [6.07, 6.45) is 0. The maximum absolute atomic E-state index is 5.60. The van der Waals surface area contributed by atoms with E-state index < -0.39 is 0 Å². The summed E-state index contributed by atoms with van der Waals surface area (Å²) in [5, 5.41) is 3.19. The molecule has 2 heterocycles. The third-order valence-corrected chi connectivity index (χ3v) is 4.93. The standard InChI is InChI=1S/C18H23N3O2S.ClH/c1-4-19-18-21(8-9-22-3)12-14-10-13-11-15(23-5-2)6-7-16(13)20-17(14)24-18;/h6-7,10-11H,4-5,8-9,12H2,1-3H3;1H. The third kappa shape index (κ3) is 4.57. The summed E-state index contributed by atoms with van der Waals surface area (Å²) in [6, 6.07) is 8.28. The smallest absolute Gasteiger partial charge is 0.165 e. The Hall–Kier alpha value is -1.50. The SMILES string of the molecule is CCN=C1Sc2nc3ccc(OCC)cc3cc2CN1CCOC.Cl. The van der Waals surface area contributed by atoms with Gasteiger partial charge in [-0.05, 0) is 49.9 Å². The van der Waals surface area contributed by atoms with Crippen LogP contribution in [0.1, 0.15) is 19.4 Å².